The molecule has 1 aliphatic rings. The van der Waals surface area contributed by atoms with Crippen molar-refractivity contribution in [3.63, 3.8) is 0 Å². The second-order valence-electron chi connectivity index (χ2n) is 6.98. The topological polar surface area (TPSA) is 36.4 Å². The van der Waals surface area contributed by atoms with Crippen molar-refractivity contribution in [3.05, 3.63) is 72.4 Å². The zero-order valence-electron chi connectivity index (χ0n) is 15.0. The van der Waals surface area contributed by atoms with Crippen molar-refractivity contribution in [2.45, 2.75) is 13.0 Å². The van der Waals surface area contributed by atoms with Gasteiger partial charge in [-0.25, -0.2) is 0 Å². The molecular formula is C22H23N3O. The smallest absolute Gasteiger partial charge is 0.231 e. The number of carbonyl (C=O) groups excluding carboxylic acids is 1. The van der Waals surface area contributed by atoms with E-state index in [0.29, 0.717) is 0 Å². The largest absolute Gasteiger partial charge is 0.315 e. The summed E-state index contributed by atoms with van der Waals surface area (Å²) in [5, 5.41) is 1.06. The maximum absolute atomic E-state index is 13.0. The third-order valence-electron chi connectivity index (χ3n) is 5.18. The summed E-state index contributed by atoms with van der Waals surface area (Å²) in [7, 11) is 1.87. The van der Waals surface area contributed by atoms with Crippen LogP contribution in [0.5, 0.6) is 0 Å². The zero-order valence-corrected chi connectivity index (χ0v) is 15.0. The van der Waals surface area contributed by atoms with E-state index in [2.05, 4.69) is 34.1 Å². The lowest BCUT2D eigenvalue weighted by molar-refractivity contribution is -0.121. The van der Waals surface area contributed by atoms with E-state index in [1.54, 1.807) is 11.1 Å². The third-order valence-corrected chi connectivity index (χ3v) is 5.18. The van der Waals surface area contributed by atoms with Gasteiger partial charge in [0.2, 0.25) is 5.91 Å². The van der Waals surface area contributed by atoms with Crippen LogP contribution in [0.2, 0.25) is 0 Å². The van der Waals surface area contributed by atoms with E-state index in [0.717, 1.165) is 42.6 Å². The van der Waals surface area contributed by atoms with E-state index in [4.69, 9.17) is 0 Å². The summed E-state index contributed by atoms with van der Waals surface area (Å²) in [6.45, 7) is 2.71. The summed E-state index contributed by atoms with van der Waals surface area (Å²) < 4.78 is 0. The minimum absolute atomic E-state index is 0.0632. The molecule has 1 atom stereocenters. The highest BCUT2D eigenvalue weighted by molar-refractivity contribution is 5.97. The van der Waals surface area contributed by atoms with Crippen LogP contribution in [-0.2, 0) is 11.3 Å². The second-order valence-corrected chi connectivity index (χ2v) is 6.98. The molecule has 0 radical (unpaired) electrons. The number of carbonyl (C=O) groups is 1. The summed E-state index contributed by atoms with van der Waals surface area (Å²) >= 11 is 0. The third kappa shape index (κ3) is 3.46. The first-order valence-electron chi connectivity index (χ1n) is 9.09. The van der Waals surface area contributed by atoms with Gasteiger partial charge in [0.15, 0.2) is 0 Å². The van der Waals surface area contributed by atoms with Gasteiger partial charge in [-0.2, -0.15) is 0 Å². The SMILES string of the molecule is CN(C(=O)C1CCN(Cc2ccccc2)C1)c1ccc2ncccc2c1. The number of nitrogens with zero attached hydrogens (tertiary/aromatic N) is 3. The number of likely N-dealkylation sites (tertiary alicyclic amines) is 1. The molecule has 1 unspecified atom stereocenters. The summed E-state index contributed by atoms with van der Waals surface area (Å²) in [6, 6.07) is 20.4. The molecule has 2 aromatic carbocycles. The molecule has 1 fully saturated rings. The van der Waals surface area contributed by atoms with E-state index in [9.17, 15) is 4.79 Å². The molecule has 0 saturated carbocycles. The number of aromatic nitrogens is 1. The normalized spacial score (nSPS) is 17.5. The number of amides is 1. The lowest BCUT2D eigenvalue weighted by Crippen LogP contribution is -2.34. The molecule has 26 heavy (non-hydrogen) atoms. The van der Waals surface area contributed by atoms with Crippen molar-refractivity contribution < 1.29 is 4.79 Å². The Balaban J connectivity index is 1.43. The molecule has 1 aromatic heterocycles. The molecular weight excluding hydrogens is 322 g/mol. The Morgan fingerprint density at radius 1 is 1.15 bits per heavy atom. The molecule has 1 aliphatic heterocycles. The van der Waals surface area contributed by atoms with Gasteiger partial charge in [-0.05, 0) is 42.8 Å². The van der Waals surface area contributed by atoms with Gasteiger partial charge in [0.1, 0.15) is 0 Å². The molecule has 1 amide bonds. The fraction of sp³-hybridized carbons (Fsp3) is 0.273. The van der Waals surface area contributed by atoms with Crippen molar-refractivity contribution in [2.24, 2.45) is 5.92 Å². The fourth-order valence-corrected chi connectivity index (χ4v) is 3.69. The highest BCUT2D eigenvalue weighted by atomic mass is 16.2. The summed E-state index contributed by atoms with van der Waals surface area (Å²) in [6.07, 6.45) is 2.71. The molecule has 3 aromatic rings. The predicted octanol–water partition coefficient (Wildman–Crippen LogP) is 3.72. The van der Waals surface area contributed by atoms with Gasteiger partial charge in [0.05, 0.1) is 11.4 Å². The van der Waals surface area contributed by atoms with Crippen molar-refractivity contribution in [1.29, 1.82) is 0 Å². The average molecular weight is 345 g/mol. The molecule has 0 bridgehead atoms. The first-order valence-corrected chi connectivity index (χ1v) is 9.09. The lowest BCUT2D eigenvalue weighted by Gasteiger charge is -2.22. The standard InChI is InChI=1S/C22H23N3O/c1-24(20-9-10-21-18(14-20)8-5-12-23-21)22(26)19-11-13-25(16-19)15-17-6-3-2-4-7-17/h2-10,12,14,19H,11,13,15-16H2,1H3. The Labute approximate surface area is 154 Å². The van der Waals surface area contributed by atoms with Crippen molar-refractivity contribution in [1.82, 2.24) is 9.88 Å². The Hall–Kier alpha value is -2.72. The van der Waals surface area contributed by atoms with Crippen molar-refractivity contribution in [3.8, 4) is 0 Å². The minimum Gasteiger partial charge on any atom is -0.315 e. The van der Waals surface area contributed by atoms with E-state index < -0.39 is 0 Å². The van der Waals surface area contributed by atoms with Gasteiger partial charge >= 0.3 is 0 Å². The second kappa shape index (κ2) is 7.26. The number of pyridine rings is 1. The molecule has 2 heterocycles. The summed E-state index contributed by atoms with van der Waals surface area (Å²) in [5.74, 6) is 0.261. The molecule has 4 rings (SSSR count). The predicted molar refractivity (Wildman–Crippen MR) is 105 cm³/mol. The minimum atomic E-state index is 0.0632. The molecule has 0 spiro atoms. The van der Waals surface area contributed by atoms with Crippen LogP contribution in [0.1, 0.15) is 12.0 Å². The molecule has 1 saturated heterocycles. The van der Waals surface area contributed by atoms with E-state index in [1.807, 2.05) is 43.4 Å². The van der Waals surface area contributed by atoms with Crippen LogP contribution >= 0.6 is 0 Å². The quantitative estimate of drug-likeness (QED) is 0.723. The number of fused-ring (bicyclic) bond motifs is 1. The van der Waals surface area contributed by atoms with Crippen LogP contribution in [0, 0.1) is 5.92 Å². The molecule has 0 N–H and O–H groups in total. The van der Waals surface area contributed by atoms with Crippen molar-refractivity contribution >= 4 is 22.5 Å². The van der Waals surface area contributed by atoms with Gasteiger partial charge in [0, 0.05) is 37.4 Å². The maximum Gasteiger partial charge on any atom is 0.231 e. The Kier molecular flexibility index (Phi) is 4.67. The van der Waals surface area contributed by atoms with Crippen LogP contribution in [0.15, 0.2) is 66.9 Å². The lowest BCUT2D eigenvalue weighted by atomic mass is 10.1. The molecule has 0 aliphatic carbocycles. The first-order chi connectivity index (χ1) is 12.7. The fourth-order valence-electron chi connectivity index (χ4n) is 3.69. The molecule has 132 valence electrons. The van der Waals surface area contributed by atoms with Gasteiger partial charge in [0.25, 0.3) is 0 Å². The highest BCUT2D eigenvalue weighted by Crippen LogP contribution is 2.25. The van der Waals surface area contributed by atoms with Crippen LogP contribution < -0.4 is 4.90 Å². The molecule has 4 nitrogen and oxygen atoms in total. The van der Waals surface area contributed by atoms with E-state index in [1.165, 1.54) is 5.56 Å². The van der Waals surface area contributed by atoms with Gasteiger partial charge in [-0.15, -0.1) is 0 Å². The maximum atomic E-state index is 13.0. The number of benzene rings is 2. The average Bonchev–Trinajstić information content (AvgIpc) is 3.15. The number of anilines is 1. The Morgan fingerprint density at radius 3 is 2.85 bits per heavy atom. The van der Waals surface area contributed by atoms with Gasteiger partial charge < -0.3 is 4.90 Å². The number of hydrogen-bond acceptors (Lipinski definition) is 3. The Bertz CT molecular complexity index is 909. The van der Waals surface area contributed by atoms with Gasteiger partial charge in [-0.3, -0.25) is 14.7 Å². The van der Waals surface area contributed by atoms with E-state index >= 15 is 0 Å². The van der Waals surface area contributed by atoms with Gasteiger partial charge in [-0.1, -0.05) is 36.4 Å². The Morgan fingerprint density at radius 2 is 2.00 bits per heavy atom. The highest BCUT2D eigenvalue weighted by Gasteiger charge is 2.30. The summed E-state index contributed by atoms with van der Waals surface area (Å²) in [4.78, 5) is 21.5. The molecule has 4 heteroatoms. The summed E-state index contributed by atoms with van der Waals surface area (Å²) in [5.41, 5.74) is 3.18. The number of rotatable bonds is 4. The first kappa shape index (κ1) is 16.7. The number of hydrogen-bond donors (Lipinski definition) is 0. The van der Waals surface area contributed by atoms with Crippen LogP contribution in [0.3, 0.4) is 0 Å². The van der Waals surface area contributed by atoms with Crippen LogP contribution in [-0.4, -0.2) is 35.9 Å². The monoisotopic (exact) mass is 345 g/mol. The zero-order chi connectivity index (χ0) is 17.9. The van der Waals surface area contributed by atoms with Crippen LogP contribution in [0.4, 0.5) is 5.69 Å². The van der Waals surface area contributed by atoms with Crippen LogP contribution in [0.25, 0.3) is 10.9 Å². The van der Waals surface area contributed by atoms with E-state index in [-0.39, 0.29) is 11.8 Å². The van der Waals surface area contributed by atoms with Crippen molar-refractivity contribution in [2.75, 3.05) is 25.0 Å².